The lowest BCUT2D eigenvalue weighted by Gasteiger charge is -1.95. The number of pyridine rings is 1. The summed E-state index contributed by atoms with van der Waals surface area (Å²) in [6.07, 6.45) is 6.33. The molecule has 1 amide bonds. The summed E-state index contributed by atoms with van der Waals surface area (Å²) in [4.78, 5) is 15.3. The van der Waals surface area contributed by atoms with Crippen molar-refractivity contribution in [3.05, 3.63) is 48.0 Å². The van der Waals surface area contributed by atoms with E-state index in [-0.39, 0.29) is 5.91 Å². The van der Waals surface area contributed by atoms with E-state index in [2.05, 4.69) is 25.7 Å². The maximum atomic E-state index is 11.4. The third-order valence-electron chi connectivity index (χ3n) is 1.81. The van der Waals surface area contributed by atoms with Crippen molar-refractivity contribution in [1.29, 1.82) is 0 Å². The first-order valence-electron chi connectivity index (χ1n) is 4.59. The minimum atomic E-state index is -0.336. The van der Waals surface area contributed by atoms with E-state index in [1.54, 1.807) is 24.5 Å². The van der Waals surface area contributed by atoms with Gasteiger partial charge in [-0.1, -0.05) is 6.07 Å². The van der Waals surface area contributed by atoms with Crippen LogP contribution in [0, 0.1) is 0 Å². The highest BCUT2D eigenvalue weighted by Crippen LogP contribution is 1.92. The molecule has 16 heavy (non-hydrogen) atoms. The van der Waals surface area contributed by atoms with Crippen molar-refractivity contribution in [2.75, 3.05) is 0 Å². The number of aromatic nitrogens is 3. The van der Waals surface area contributed by atoms with Gasteiger partial charge in [0.2, 0.25) is 0 Å². The van der Waals surface area contributed by atoms with Gasteiger partial charge in [0, 0.05) is 24.2 Å². The van der Waals surface area contributed by atoms with Gasteiger partial charge in [0.15, 0.2) is 0 Å². The lowest BCUT2D eigenvalue weighted by atomic mass is 10.3. The fourth-order valence-electron chi connectivity index (χ4n) is 1.06. The van der Waals surface area contributed by atoms with Gasteiger partial charge in [0.1, 0.15) is 5.69 Å². The summed E-state index contributed by atoms with van der Waals surface area (Å²) in [7, 11) is 0. The summed E-state index contributed by atoms with van der Waals surface area (Å²) in [5.41, 5.74) is 3.54. The van der Waals surface area contributed by atoms with Crippen LogP contribution in [-0.4, -0.2) is 27.3 Å². The molecule has 0 fully saturated rings. The Hall–Kier alpha value is -2.50. The van der Waals surface area contributed by atoms with Crippen molar-refractivity contribution in [2.24, 2.45) is 5.10 Å². The molecule has 0 aromatic carbocycles. The number of rotatable bonds is 3. The highest BCUT2D eigenvalue weighted by Gasteiger charge is 2.03. The average molecular weight is 215 g/mol. The minimum absolute atomic E-state index is 0.336. The van der Waals surface area contributed by atoms with Crippen LogP contribution < -0.4 is 5.43 Å². The molecule has 0 radical (unpaired) electrons. The highest BCUT2D eigenvalue weighted by atomic mass is 16.2. The number of hydrazone groups is 1. The molecule has 6 nitrogen and oxygen atoms in total. The standard InChI is InChI=1S/C10H9N5O/c16-10(9-3-5-12-14-9)15-13-7-8-2-1-4-11-6-8/h1-7H,(H,12,14)(H,15,16). The Labute approximate surface area is 91.4 Å². The Morgan fingerprint density at radius 1 is 1.44 bits per heavy atom. The maximum absolute atomic E-state index is 11.4. The number of hydrogen-bond acceptors (Lipinski definition) is 4. The second-order valence-electron chi connectivity index (χ2n) is 2.96. The topological polar surface area (TPSA) is 83.0 Å². The number of H-pyrrole nitrogens is 1. The summed E-state index contributed by atoms with van der Waals surface area (Å²) < 4.78 is 0. The molecule has 0 aliphatic carbocycles. The van der Waals surface area contributed by atoms with E-state index in [0.29, 0.717) is 5.69 Å². The van der Waals surface area contributed by atoms with Gasteiger partial charge in [-0.3, -0.25) is 14.9 Å². The number of hydrogen-bond donors (Lipinski definition) is 2. The van der Waals surface area contributed by atoms with E-state index in [4.69, 9.17) is 0 Å². The van der Waals surface area contributed by atoms with Gasteiger partial charge in [-0.15, -0.1) is 0 Å². The second-order valence-corrected chi connectivity index (χ2v) is 2.96. The number of amides is 1. The van der Waals surface area contributed by atoms with Gasteiger partial charge in [0.05, 0.1) is 6.21 Å². The molecular formula is C10H9N5O. The lowest BCUT2D eigenvalue weighted by Crippen LogP contribution is -2.17. The van der Waals surface area contributed by atoms with Crippen LogP contribution in [0.15, 0.2) is 41.9 Å². The van der Waals surface area contributed by atoms with Gasteiger partial charge >= 0.3 is 0 Å². The monoisotopic (exact) mass is 215 g/mol. The Balaban J connectivity index is 1.93. The van der Waals surface area contributed by atoms with E-state index >= 15 is 0 Å². The molecule has 0 spiro atoms. The predicted octanol–water partition coefficient (Wildman–Crippen LogP) is 0.569. The van der Waals surface area contributed by atoms with Crippen LogP contribution in [0.4, 0.5) is 0 Å². The zero-order chi connectivity index (χ0) is 11.2. The number of nitrogens with zero attached hydrogens (tertiary/aromatic N) is 3. The van der Waals surface area contributed by atoms with Crippen LogP contribution in [0.3, 0.4) is 0 Å². The zero-order valence-electron chi connectivity index (χ0n) is 8.29. The maximum Gasteiger partial charge on any atom is 0.289 e. The number of aromatic amines is 1. The minimum Gasteiger partial charge on any atom is -0.273 e. The van der Waals surface area contributed by atoms with Crippen molar-refractivity contribution in [3.8, 4) is 0 Å². The molecule has 80 valence electrons. The van der Waals surface area contributed by atoms with Crippen LogP contribution in [-0.2, 0) is 0 Å². The molecule has 0 saturated heterocycles. The Morgan fingerprint density at radius 2 is 2.38 bits per heavy atom. The molecule has 2 rings (SSSR count). The molecule has 0 saturated carbocycles. The predicted molar refractivity (Wildman–Crippen MR) is 57.9 cm³/mol. The summed E-state index contributed by atoms with van der Waals surface area (Å²) in [5, 5.41) is 9.98. The van der Waals surface area contributed by atoms with Gasteiger partial charge in [-0.2, -0.15) is 10.2 Å². The van der Waals surface area contributed by atoms with E-state index in [1.165, 1.54) is 12.4 Å². The smallest absolute Gasteiger partial charge is 0.273 e. The first-order valence-corrected chi connectivity index (χ1v) is 4.59. The first-order chi connectivity index (χ1) is 7.86. The average Bonchev–Trinajstić information content (AvgIpc) is 2.84. The SMILES string of the molecule is O=C(NN=Cc1cccnc1)c1ccn[nH]1. The molecule has 0 bridgehead atoms. The van der Waals surface area contributed by atoms with Crippen molar-refractivity contribution >= 4 is 12.1 Å². The number of carbonyl (C=O) groups is 1. The molecular weight excluding hydrogens is 206 g/mol. The Kier molecular flexibility index (Phi) is 3.03. The van der Waals surface area contributed by atoms with E-state index in [9.17, 15) is 4.79 Å². The summed E-state index contributed by atoms with van der Waals surface area (Å²) in [6.45, 7) is 0. The van der Waals surface area contributed by atoms with Gasteiger partial charge in [0.25, 0.3) is 5.91 Å². The van der Waals surface area contributed by atoms with Crippen LogP contribution in [0.5, 0.6) is 0 Å². The van der Waals surface area contributed by atoms with E-state index in [0.717, 1.165) is 5.56 Å². The largest absolute Gasteiger partial charge is 0.289 e. The summed E-state index contributed by atoms with van der Waals surface area (Å²) in [5.74, 6) is -0.336. The van der Waals surface area contributed by atoms with Gasteiger partial charge in [-0.25, -0.2) is 5.43 Å². The quantitative estimate of drug-likeness (QED) is 0.580. The molecule has 2 aromatic heterocycles. The fourth-order valence-corrected chi connectivity index (χ4v) is 1.06. The molecule has 2 N–H and O–H groups in total. The Bertz CT molecular complexity index is 477. The van der Waals surface area contributed by atoms with Crippen molar-refractivity contribution in [3.63, 3.8) is 0 Å². The number of carbonyl (C=O) groups excluding carboxylic acids is 1. The van der Waals surface area contributed by atoms with Gasteiger partial charge < -0.3 is 0 Å². The molecule has 0 aliphatic heterocycles. The summed E-state index contributed by atoms with van der Waals surface area (Å²) >= 11 is 0. The summed E-state index contributed by atoms with van der Waals surface area (Å²) in [6, 6.07) is 5.19. The molecule has 6 heteroatoms. The molecule has 2 aromatic rings. The van der Waals surface area contributed by atoms with Crippen molar-refractivity contribution in [2.45, 2.75) is 0 Å². The normalized spacial score (nSPS) is 10.5. The molecule has 2 heterocycles. The van der Waals surface area contributed by atoms with Gasteiger partial charge in [-0.05, 0) is 12.1 Å². The van der Waals surface area contributed by atoms with Crippen molar-refractivity contribution in [1.82, 2.24) is 20.6 Å². The fraction of sp³-hybridized carbons (Fsp3) is 0. The first kappa shape index (κ1) is 10.0. The Morgan fingerprint density at radius 3 is 3.06 bits per heavy atom. The third kappa shape index (κ3) is 2.50. The second kappa shape index (κ2) is 4.83. The molecule has 0 unspecified atom stereocenters. The molecule has 0 aliphatic rings. The lowest BCUT2D eigenvalue weighted by molar-refractivity contribution is 0.0950. The van der Waals surface area contributed by atoms with Crippen LogP contribution in [0.2, 0.25) is 0 Å². The highest BCUT2D eigenvalue weighted by molar-refractivity contribution is 5.92. The van der Waals surface area contributed by atoms with E-state index < -0.39 is 0 Å². The number of nitrogens with one attached hydrogen (secondary N) is 2. The van der Waals surface area contributed by atoms with Crippen molar-refractivity contribution < 1.29 is 4.79 Å². The van der Waals surface area contributed by atoms with E-state index in [1.807, 2.05) is 6.07 Å². The van der Waals surface area contributed by atoms with Crippen LogP contribution in [0.1, 0.15) is 16.1 Å². The molecule has 0 atom stereocenters. The van der Waals surface area contributed by atoms with Crippen LogP contribution in [0.25, 0.3) is 0 Å². The zero-order valence-corrected chi connectivity index (χ0v) is 8.29. The third-order valence-corrected chi connectivity index (χ3v) is 1.81. The van der Waals surface area contributed by atoms with Crippen LogP contribution >= 0.6 is 0 Å².